The number of nitrogens with zero attached hydrogens (tertiary/aromatic N) is 2. The molecule has 1 amide bonds. The Hall–Kier alpha value is -1.69. The molecule has 0 radical (unpaired) electrons. The molecule has 0 bridgehead atoms. The Bertz CT molecular complexity index is 423. The van der Waals surface area contributed by atoms with Gasteiger partial charge in [0, 0.05) is 6.04 Å². The minimum Gasteiger partial charge on any atom is -0.348 e. The van der Waals surface area contributed by atoms with E-state index < -0.39 is 0 Å². The Labute approximate surface area is 106 Å². The number of rotatable bonds is 3. The lowest BCUT2D eigenvalue weighted by Crippen LogP contribution is -2.41. The van der Waals surface area contributed by atoms with E-state index in [0.29, 0.717) is 17.4 Å². The standard InChI is InChI=1S/C12H19N5O/c1-8-4-2-3-5-9(8)16-12(18)10-6-14-7-11(15-10)17-13/h6-9H,2-5,13H2,1H3,(H,15,17)(H,16,18). The predicted molar refractivity (Wildman–Crippen MR) is 68.7 cm³/mol. The molecule has 2 unspecified atom stereocenters. The molecule has 6 heteroatoms. The fourth-order valence-electron chi connectivity index (χ4n) is 2.32. The van der Waals surface area contributed by atoms with Crippen molar-refractivity contribution in [1.82, 2.24) is 15.3 Å². The quantitative estimate of drug-likeness (QED) is 0.550. The Morgan fingerprint density at radius 1 is 1.39 bits per heavy atom. The fraction of sp³-hybridized carbons (Fsp3) is 0.583. The third kappa shape index (κ3) is 2.95. The van der Waals surface area contributed by atoms with Crippen molar-refractivity contribution in [1.29, 1.82) is 0 Å². The van der Waals surface area contributed by atoms with Crippen molar-refractivity contribution in [2.75, 3.05) is 5.43 Å². The Balaban J connectivity index is 2.02. The van der Waals surface area contributed by atoms with E-state index >= 15 is 0 Å². The first-order chi connectivity index (χ1) is 8.70. The average molecular weight is 249 g/mol. The maximum absolute atomic E-state index is 12.0. The first-order valence-corrected chi connectivity index (χ1v) is 6.30. The summed E-state index contributed by atoms with van der Waals surface area (Å²) in [4.78, 5) is 20.0. The van der Waals surface area contributed by atoms with E-state index in [4.69, 9.17) is 5.84 Å². The number of carbonyl (C=O) groups excluding carboxylic acids is 1. The molecule has 0 aromatic carbocycles. The lowest BCUT2D eigenvalue weighted by atomic mass is 9.86. The van der Waals surface area contributed by atoms with Gasteiger partial charge in [-0.1, -0.05) is 19.8 Å². The van der Waals surface area contributed by atoms with E-state index in [-0.39, 0.29) is 11.9 Å². The zero-order valence-electron chi connectivity index (χ0n) is 10.5. The summed E-state index contributed by atoms with van der Waals surface area (Å²) in [5.74, 6) is 5.97. The third-order valence-electron chi connectivity index (χ3n) is 3.44. The van der Waals surface area contributed by atoms with E-state index in [1.54, 1.807) is 0 Å². The van der Waals surface area contributed by atoms with Crippen LogP contribution in [0.4, 0.5) is 5.82 Å². The van der Waals surface area contributed by atoms with Gasteiger partial charge in [-0.15, -0.1) is 0 Å². The molecule has 2 atom stereocenters. The molecule has 0 spiro atoms. The molecule has 4 N–H and O–H groups in total. The van der Waals surface area contributed by atoms with Crippen LogP contribution in [0.3, 0.4) is 0 Å². The van der Waals surface area contributed by atoms with Gasteiger partial charge in [0.15, 0.2) is 5.82 Å². The van der Waals surface area contributed by atoms with Gasteiger partial charge in [-0.2, -0.15) is 0 Å². The van der Waals surface area contributed by atoms with Crippen molar-refractivity contribution in [3.8, 4) is 0 Å². The van der Waals surface area contributed by atoms with Crippen molar-refractivity contribution in [3.05, 3.63) is 18.1 Å². The van der Waals surface area contributed by atoms with E-state index in [0.717, 1.165) is 6.42 Å². The number of hydrazine groups is 1. The maximum Gasteiger partial charge on any atom is 0.271 e. The van der Waals surface area contributed by atoms with Crippen molar-refractivity contribution in [2.45, 2.75) is 38.6 Å². The predicted octanol–water partition coefficient (Wildman–Crippen LogP) is 1.07. The molecule has 1 aliphatic carbocycles. The fourth-order valence-corrected chi connectivity index (χ4v) is 2.32. The van der Waals surface area contributed by atoms with Crippen LogP contribution in [0.2, 0.25) is 0 Å². The van der Waals surface area contributed by atoms with Crippen LogP contribution >= 0.6 is 0 Å². The van der Waals surface area contributed by atoms with Crippen molar-refractivity contribution in [3.63, 3.8) is 0 Å². The van der Waals surface area contributed by atoms with Gasteiger partial charge in [-0.25, -0.2) is 10.8 Å². The number of nitrogens with one attached hydrogen (secondary N) is 2. The second kappa shape index (κ2) is 5.77. The van der Waals surface area contributed by atoms with Gasteiger partial charge in [0.2, 0.25) is 0 Å². The summed E-state index contributed by atoms with van der Waals surface area (Å²) >= 11 is 0. The number of anilines is 1. The van der Waals surface area contributed by atoms with E-state index in [2.05, 4.69) is 27.6 Å². The molecule has 1 saturated carbocycles. The largest absolute Gasteiger partial charge is 0.348 e. The summed E-state index contributed by atoms with van der Waals surface area (Å²) in [5.41, 5.74) is 2.68. The van der Waals surface area contributed by atoms with Crippen LogP contribution in [0.1, 0.15) is 43.1 Å². The number of carbonyl (C=O) groups is 1. The molecule has 1 aliphatic rings. The molecule has 1 aromatic rings. The molecular weight excluding hydrogens is 230 g/mol. The minimum absolute atomic E-state index is 0.182. The molecule has 2 rings (SSSR count). The number of hydrogen-bond donors (Lipinski definition) is 3. The second-order valence-corrected chi connectivity index (χ2v) is 4.78. The first-order valence-electron chi connectivity index (χ1n) is 6.30. The second-order valence-electron chi connectivity index (χ2n) is 4.78. The lowest BCUT2D eigenvalue weighted by Gasteiger charge is -2.29. The topological polar surface area (TPSA) is 92.9 Å². The number of aromatic nitrogens is 2. The maximum atomic E-state index is 12.0. The molecule has 0 aliphatic heterocycles. The number of amides is 1. The molecule has 1 heterocycles. The van der Waals surface area contributed by atoms with Crippen LogP contribution < -0.4 is 16.6 Å². The average Bonchev–Trinajstić information content (AvgIpc) is 2.41. The van der Waals surface area contributed by atoms with Gasteiger partial charge >= 0.3 is 0 Å². The minimum atomic E-state index is -0.182. The van der Waals surface area contributed by atoms with Gasteiger partial charge in [0.1, 0.15) is 5.69 Å². The summed E-state index contributed by atoms with van der Waals surface area (Å²) in [6.45, 7) is 2.17. The Morgan fingerprint density at radius 3 is 2.89 bits per heavy atom. The van der Waals surface area contributed by atoms with E-state index in [9.17, 15) is 4.79 Å². The monoisotopic (exact) mass is 249 g/mol. The molecule has 0 saturated heterocycles. The Kier molecular flexibility index (Phi) is 4.09. The molecule has 1 aromatic heterocycles. The van der Waals surface area contributed by atoms with Gasteiger partial charge in [-0.05, 0) is 18.8 Å². The smallest absolute Gasteiger partial charge is 0.271 e. The Morgan fingerprint density at radius 2 is 2.17 bits per heavy atom. The molecule has 1 fully saturated rings. The van der Waals surface area contributed by atoms with Crippen LogP contribution in [0.5, 0.6) is 0 Å². The summed E-state index contributed by atoms with van der Waals surface area (Å²) in [7, 11) is 0. The van der Waals surface area contributed by atoms with Gasteiger partial charge in [-0.3, -0.25) is 9.78 Å². The third-order valence-corrected chi connectivity index (χ3v) is 3.44. The molecule has 18 heavy (non-hydrogen) atoms. The highest BCUT2D eigenvalue weighted by Crippen LogP contribution is 2.23. The highest BCUT2D eigenvalue weighted by atomic mass is 16.2. The zero-order valence-corrected chi connectivity index (χ0v) is 10.5. The summed E-state index contributed by atoms with van der Waals surface area (Å²) in [6.07, 6.45) is 7.55. The van der Waals surface area contributed by atoms with Crippen LogP contribution in [0.25, 0.3) is 0 Å². The van der Waals surface area contributed by atoms with E-state index in [1.165, 1.54) is 31.7 Å². The molecule has 98 valence electrons. The van der Waals surface area contributed by atoms with Crippen LogP contribution in [0.15, 0.2) is 12.4 Å². The summed E-state index contributed by atoms with van der Waals surface area (Å²) in [6, 6.07) is 0.238. The number of hydrogen-bond acceptors (Lipinski definition) is 5. The lowest BCUT2D eigenvalue weighted by molar-refractivity contribution is 0.0905. The number of nitrogens with two attached hydrogens (primary N) is 1. The first kappa shape index (κ1) is 12.8. The summed E-state index contributed by atoms with van der Waals surface area (Å²) in [5, 5.41) is 3.03. The van der Waals surface area contributed by atoms with Crippen molar-refractivity contribution in [2.24, 2.45) is 11.8 Å². The van der Waals surface area contributed by atoms with Gasteiger partial charge in [0.25, 0.3) is 5.91 Å². The SMILES string of the molecule is CC1CCCCC1NC(=O)c1cncc(NN)n1. The van der Waals surface area contributed by atoms with Gasteiger partial charge in [0.05, 0.1) is 12.4 Å². The van der Waals surface area contributed by atoms with Crippen molar-refractivity contribution < 1.29 is 4.79 Å². The molecule has 6 nitrogen and oxygen atoms in total. The van der Waals surface area contributed by atoms with E-state index in [1.807, 2.05) is 0 Å². The summed E-state index contributed by atoms with van der Waals surface area (Å²) < 4.78 is 0. The van der Waals surface area contributed by atoms with Crippen LogP contribution in [-0.4, -0.2) is 21.9 Å². The normalized spacial score (nSPS) is 23.4. The van der Waals surface area contributed by atoms with Crippen molar-refractivity contribution >= 4 is 11.7 Å². The number of nitrogen functional groups attached to an aromatic ring is 1. The highest BCUT2D eigenvalue weighted by molar-refractivity contribution is 5.92. The van der Waals surface area contributed by atoms with Gasteiger partial charge < -0.3 is 10.7 Å². The highest BCUT2D eigenvalue weighted by Gasteiger charge is 2.23. The van der Waals surface area contributed by atoms with Crippen LogP contribution in [-0.2, 0) is 0 Å². The zero-order chi connectivity index (χ0) is 13.0. The van der Waals surface area contributed by atoms with Crippen LogP contribution in [0, 0.1) is 5.92 Å². The molecular formula is C12H19N5O.